The number of aryl methyl sites for hydroxylation is 1. The first-order chi connectivity index (χ1) is 21.6. The molecular weight excluding hydrogens is 552 g/mol. The SMILES string of the molecule is CCc1ccc2c(OC(=O)Oc3cccc4ccccc34)c3ccccc3c(OC(=O)Oc3cccc4ccccc34)c2c1. The minimum Gasteiger partial charge on any atom is -0.394 e. The van der Waals surface area contributed by atoms with Gasteiger partial charge in [0.15, 0.2) is 0 Å². The number of hydrogen-bond donors (Lipinski definition) is 0. The summed E-state index contributed by atoms with van der Waals surface area (Å²) in [5, 5.41) is 5.82. The molecule has 0 atom stereocenters. The van der Waals surface area contributed by atoms with Crippen molar-refractivity contribution in [2.45, 2.75) is 13.3 Å². The third-order valence-corrected chi connectivity index (χ3v) is 7.65. The number of benzene rings is 7. The number of carbonyl (C=O) groups is 2. The summed E-state index contributed by atoms with van der Waals surface area (Å²) in [5.41, 5.74) is 1.02. The molecule has 0 amide bonds. The summed E-state index contributed by atoms with van der Waals surface area (Å²) in [6, 6.07) is 39.4. The van der Waals surface area contributed by atoms with Crippen molar-refractivity contribution < 1.29 is 28.5 Å². The summed E-state index contributed by atoms with van der Waals surface area (Å²) in [6.07, 6.45) is -1.00. The molecule has 6 heteroatoms. The van der Waals surface area contributed by atoms with Crippen molar-refractivity contribution in [2.24, 2.45) is 0 Å². The van der Waals surface area contributed by atoms with Crippen LogP contribution >= 0.6 is 0 Å². The van der Waals surface area contributed by atoms with Gasteiger partial charge < -0.3 is 18.9 Å². The minimum atomic E-state index is -0.878. The zero-order valence-corrected chi connectivity index (χ0v) is 23.8. The highest BCUT2D eigenvalue weighted by Crippen LogP contribution is 2.44. The van der Waals surface area contributed by atoms with Crippen molar-refractivity contribution in [3.05, 3.63) is 133 Å². The molecule has 7 aromatic carbocycles. The van der Waals surface area contributed by atoms with Gasteiger partial charge in [-0.2, -0.15) is 0 Å². The van der Waals surface area contributed by atoms with Crippen molar-refractivity contribution in [3.8, 4) is 23.0 Å². The van der Waals surface area contributed by atoms with Gasteiger partial charge in [-0.1, -0.05) is 116 Å². The lowest BCUT2D eigenvalue weighted by molar-refractivity contribution is 0.151. The van der Waals surface area contributed by atoms with E-state index in [1.807, 2.05) is 122 Å². The molecule has 7 rings (SSSR count). The van der Waals surface area contributed by atoms with Gasteiger partial charge in [0.25, 0.3) is 0 Å². The molecule has 214 valence electrons. The van der Waals surface area contributed by atoms with Crippen molar-refractivity contribution in [1.29, 1.82) is 0 Å². The van der Waals surface area contributed by atoms with Crippen LogP contribution in [0.15, 0.2) is 127 Å². The quantitative estimate of drug-likeness (QED) is 0.115. The second-order valence-corrected chi connectivity index (χ2v) is 10.3. The lowest BCUT2D eigenvalue weighted by Crippen LogP contribution is -2.16. The molecule has 0 fully saturated rings. The summed E-state index contributed by atoms with van der Waals surface area (Å²) in [7, 11) is 0. The van der Waals surface area contributed by atoms with Crippen LogP contribution in [0.3, 0.4) is 0 Å². The standard InChI is InChI=1S/C38H26O6/c1-2-24-21-22-31-32(23-24)36(44-38(40)42-34-20-10-14-26-12-4-6-16-28(26)34)30-18-8-7-17-29(30)35(31)43-37(39)41-33-19-9-13-25-11-3-5-15-27(25)33/h3-23H,2H2,1H3. The Bertz CT molecular complexity index is 2210. The molecule has 0 aliphatic heterocycles. The van der Waals surface area contributed by atoms with Crippen molar-refractivity contribution in [3.63, 3.8) is 0 Å². The molecule has 0 N–H and O–H groups in total. The Morgan fingerprint density at radius 1 is 0.455 bits per heavy atom. The summed E-state index contributed by atoms with van der Waals surface area (Å²) in [5.74, 6) is 1.40. The molecule has 0 aliphatic rings. The smallest absolute Gasteiger partial charge is 0.394 e. The van der Waals surface area contributed by atoms with Crippen LogP contribution in [0.25, 0.3) is 43.1 Å². The van der Waals surface area contributed by atoms with Gasteiger partial charge >= 0.3 is 12.3 Å². The Morgan fingerprint density at radius 3 is 1.41 bits per heavy atom. The first kappa shape index (κ1) is 27.0. The topological polar surface area (TPSA) is 71.1 Å². The summed E-state index contributed by atoms with van der Waals surface area (Å²) < 4.78 is 23.3. The molecule has 7 aromatic rings. The average Bonchev–Trinajstić information content (AvgIpc) is 3.06. The highest BCUT2D eigenvalue weighted by atomic mass is 16.7. The molecule has 44 heavy (non-hydrogen) atoms. The predicted octanol–water partition coefficient (Wildman–Crippen LogP) is 10.0. The van der Waals surface area contributed by atoms with E-state index >= 15 is 0 Å². The first-order valence-electron chi connectivity index (χ1n) is 14.3. The lowest BCUT2D eigenvalue weighted by atomic mass is 9.98. The van der Waals surface area contributed by atoms with Gasteiger partial charge in [0, 0.05) is 32.3 Å². The van der Waals surface area contributed by atoms with Gasteiger partial charge in [-0.15, -0.1) is 0 Å². The Hall–Kier alpha value is -5.88. The van der Waals surface area contributed by atoms with Gasteiger partial charge in [0.1, 0.15) is 23.0 Å². The summed E-state index contributed by atoms with van der Waals surface area (Å²) >= 11 is 0. The van der Waals surface area contributed by atoms with E-state index < -0.39 is 12.3 Å². The van der Waals surface area contributed by atoms with Crippen LogP contribution in [0.4, 0.5) is 9.59 Å². The van der Waals surface area contributed by atoms with E-state index in [-0.39, 0.29) is 0 Å². The second-order valence-electron chi connectivity index (χ2n) is 10.3. The Morgan fingerprint density at radius 2 is 0.886 bits per heavy atom. The molecule has 0 saturated heterocycles. The Balaban J connectivity index is 1.28. The predicted molar refractivity (Wildman–Crippen MR) is 172 cm³/mol. The Labute approximate surface area is 253 Å². The molecule has 6 nitrogen and oxygen atoms in total. The number of carbonyl (C=O) groups excluding carboxylic acids is 2. The van der Waals surface area contributed by atoms with E-state index in [2.05, 4.69) is 0 Å². The molecule has 0 aliphatic carbocycles. The lowest BCUT2D eigenvalue weighted by Gasteiger charge is -2.17. The van der Waals surface area contributed by atoms with Crippen LogP contribution in [0.1, 0.15) is 12.5 Å². The summed E-state index contributed by atoms with van der Waals surface area (Å²) in [6.45, 7) is 2.04. The molecule has 0 heterocycles. The van der Waals surface area contributed by atoms with E-state index in [1.54, 1.807) is 12.1 Å². The van der Waals surface area contributed by atoms with Crippen LogP contribution in [0, 0.1) is 0 Å². The largest absolute Gasteiger partial charge is 0.519 e. The highest BCUT2D eigenvalue weighted by molar-refractivity contribution is 6.12. The van der Waals surface area contributed by atoms with Crippen molar-refractivity contribution in [1.82, 2.24) is 0 Å². The summed E-state index contributed by atoms with van der Waals surface area (Å²) in [4.78, 5) is 26.5. The van der Waals surface area contributed by atoms with Gasteiger partial charge in [-0.25, -0.2) is 9.59 Å². The molecule has 0 unspecified atom stereocenters. The van der Waals surface area contributed by atoms with E-state index in [1.165, 1.54) is 0 Å². The number of rotatable bonds is 5. The van der Waals surface area contributed by atoms with Gasteiger partial charge in [-0.05, 0) is 41.0 Å². The highest BCUT2D eigenvalue weighted by Gasteiger charge is 2.22. The fourth-order valence-corrected chi connectivity index (χ4v) is 5.54. The van der Waals surface area contributed by atoms with Crippen LogP contribution < -0.4 is 18.9 Å². The number of ether oxygens (including phenoxy) is 4. The van der Waals surface area contributed by atoms with Crippen molar-refractivity contribution >= 4 is 55.4 Å². The van der Waals surface area contributed by atoms with Gasteiger partial charge in [0.2, 0.25) is 0 Å². The Kier molecular flexibility index (Phi) is 7.00. The van der Waals surface area contributed by atoms with E-state index in [0.717, 1.165) is 33.5 Å². The molecule has 0 spiro atoms. The molecule has 0 bridgehead atoms. The fourth-order valence-electron chi connectivity index (χ4n) is 5.54. The van der Waals surface area contributed by atoms with E-state index in [9.17, 15) is 9.59 Å². The van der Waals surface area contributed by atoms with E-state index in [0.29, 0.717) is 44.5 Å². The third kappa shape index (κ3) is 5.03. The second kappa shape index (κ2) is 11.4. The molecule has 0 radical (unpaired) electrons. The maximum atomic E-state index is 13.3. The molecule has 0 aromatic heterocycles. The third-order valence-electron chi connectivity index (χ3n) is 7.65. The van der Waals surface area contributed by atoms with Gasteiger partial charge in [0.05, 0.1) is 0 Å². The van der Waals surface area contributed by atoms with E-state index in [4.69, 9.17) is 18.9 Å². The van der Waals surface area contributed by atoms with Crippen LogP contribution in [-0.4, -0.2) is 12.3 Å². The number of hydrogen-bond acceptors (Lipinski definition) is 6. The van der Waals surface area contributed by atoms with Gasteiger partial charge in [-0.3, -0.25) is 0 Å². The average molecular weight is 579 g/mol. The normalized spacial score (nSPS) is 11.1. The number of fused-ring (bicyclic) bond motifs is 4. The fraction of sp³-hybridized carbons (Fsp3) is 0.0526. The van der Waals surface area contributed by atoms with Crippen LogP contribution in [-0.2, 0) is 6.42 Å². The maximum absolute atomic E-state index is 13.3. The monoisotopic (exact) mass is 578 g/mol. The van der Waals surface area contributed by atoms with Crippen LogP contribution in [0.2, 0.25) is 0 Å². The van der Waals surface area contributed by atoms with Crippen LogP contribution in [0.5, 0.6) is 23.0 Å². The zero-order valence-electron chi connectivity index (χ0n) is 23.8. The molecular formula is C38H26O6. The zero-order chi connectivity index (χ0) is 30.0. The minimum absolute atomic E-state index is 0.304. The first-order valence-corrected chi connectivity index (χ1v) is 14.3. The maximum Gasteiger partial charge on any atom is 0.519 e. The molecule has 0 saturated carbocycles. The van der Waals surface area contributed by atoms with Crippen molar-refractivity contribution in [2.75, 3.05) is 0 Å².